The molecule has 0 bridgehead atoms. The quantitative estimate of drug-likeness (QED) is 0.694. The largest absolute Gasteiger partial charge is 0.389 e. The molecule has 0 radical (unpaired) electrons. The van der Waals surface area contributed by atoms with Crippen molar-refractivity contribution < 1.29 is 13.5 Å². The van der Waals surface area contributed by atoms with Crippen LogP contribution in [0.5, 0.6) is 0 Å². The van der Waals surface area contributed by atoms with Crippen LogP contribution in [0.3, 0.4) is 0 Å². The van der Waals surface area contributed by atoms with E-state index in [2.05, 4.69) is 14.9 Å². The Labute approximate surface area is 101 Å². The zero-order valence-electron chi connectivity index (χ0n) is 10.3. The molecule has 0 aromatic carbocycles. The van der Waals surface area contributed by atoms with Crippen molar-refractivity contribution in [1.29, 1.82) is 0 Å². The Balaban J connectivity index is 2.62. The van der Waals surface area contributed by atoms with Crippen LogP contribution < -0.4 is 4.72 Å². The molecule has 0 aliphatic rings. The van der Waals surface area contributed by atoms with Crippen LogP contribution >= 0.6 is 0 Å². The van der Waals surface area contributed by atoms with Gasteiger partial charge in [0.1, 0.15) is 4.90 Å². The van der Waals surface area contributed by atoms with Crippen LogP contribution in [0.2, 0.25) is 0 Å². The molecule has 7 heteroatoms. The highest BCUT2D eigenvalue weighted by Crippen LogP contribution is 2.16. The van der Waals surface area contributed by atoms with Crippen molar-refractivity contribution in [3.63, 3.8) is 0 Å². The van der Waals surface area contributed by atoms with E-state index < -0.39 is 15.6 Å². The maximum absolute atomic E-state index is 11.7. The number of nitrogens with one attached hydrogen (secondary N) is 2. The molecule has 0 saturated heterocycles. The van der Waals surface area contributed by atoms with Crippen LogP contribution in [0.15, 0.2) is 17.3 Å². The molecule has 1 unspecified atom stereocenters. The predicted octanol–water partition coefficient (Wildman–Crippen LogP) is 0.485. The Morgan fingerprint density at radius 2 is 2.24 bits per heavy atom. The zero-order valence-corrected chi connectivity index (χ0v) is 11.1. The smallest absolute Gasteiger partial charge is 0.243 e. The number of H-pyrrole nitrogens is 1. The van der Waals surface area contributed by atoms with Crippen LogP contribution in [0.25, 0.3) is 0 Å². The second-order valence-electron chi connectivity index (χ2n) is 4.85. The molecule has 1 aromatic rings. The molecule has 1 rings (SSSR count). The van der Waals surface area contributed by atoms with E-state index in [4.69, 9.17) is 0 Å². The molecule has 6 nitrogen and oxygen atoms in total. The first kappa shape index (κ1) is 14.1. The number of rotatable bonds is 6. The lowest BCUT2D eigenvalue weighted by atomic mass is 9.95. The summed E-state index contributed by atoms with van der Waals surface area (Å²) in [5.41, 5.74) is -1.05. The zero-order chi connectivity index (χ0) is 13.1. The van der Waals surface area contributed by atoms with Crippen molar-refractivity contribution in [2.24, 2.45) is 5.92 Å². The average Bonchev–Trinajstić information content (AvgIpc) is 2.66. The number of sulfonamides is 1. The van der Waals surface area contributed by atoms with Gasteiger partial charge in [-0.15, -0.1) is 0 Å². The SMILES string of the molecule is CC(C)CC(C)(O)CNS(=O)(=O)c1cn[nH]c1. The van der Waals surface area contributed by atoms with Crippen molar-refractivity contribution in [3.05, 3.63) is 12.4 Å². The summed E-state index contributed by atoms with van der Waals surface area (Å²) in [6.45, 7) is 5.54. The Kier molecular flexibility index (Phi) is 4.29. The van der Waals surface area contributed by atoms with Gasteiger partial charge in [-0.3, -0.25) is 5.10 Å². The lowest BCUT2D eigenvalue weighted by Crippen LogP contribution is -2.41. The van der Waals surface area contributed by atoms with Gasteiger partial charge >= 0.3 is 0 Å². The van der Waals surface area contributed by atoms with E-state index in [9.17, 15) is 13.5 Å². The van der Waals surface area contributed by atoms with Crippen molar-refractivity contribution >= 4 is 10.0 Å². The molecule has 3 N–H and O–H groups in total. The van der Waals surface area contributed by atoms with E-state index in [1.54, 1.807) is 6.92 Å². The minimum Gasteiger partial charge on any atom is -0.389 e. The van der Waals surface area contributed by atoms with Crippen LogP contribution in [-0.4, -0.2) is 35.9 Å². The number of hydrogen-bond acceptors (Lipinski definition) is 4. The summed E-state index contributed by atoms with van der Waals surface area (Å²) in [6.07, 6.45) is 3.04. The molecule has 1 heterocycles. The van der Waals surface area contributed by atoms with Gasteiger partial charge in [-0.2, -0.15) is 5.10 Å². The molecule has 98 valence electrons. The lowest BCUT2D eigenvalue weighted by Gasteiger charge is -2.25. The first-order valence-electron chi connectivity index (χ1n) is 5.44. The van der Waals surface area contributed by atoms with Gasteiger partial charge < -0.3 is 5.11 Å². The highest BCUT2D eigenvalue weighted by atomic mass is 32.2. The van der Waals surface area contributed by atoms with E-state index in [0.29, 0.717) is 12.3 Å². The Hall–Kier alpha value is -0.920. The summed E-state index contributed by atoms with van der Waals surface area (Å²) in [5, 5.41) is 16.0. The number of aromatic nitrogens is 2. The van der Waals surface area contributed by atoms with Gasteiger partial charge in [0.05, 0.1) is 11.8 Å². The fraction of sp³-hybridized carbons (Fsp3) is 0.700. The van der Waals surface area contributed by atoms with Crippen LogP contribution in [0.1, 0.15) is 27.2 Å². The van der Waals surface area contributed by atoms with Crippen LogP contribution in [0.4, 0.5) is 0 Å². The van der Waals surface area contributed by atoms with E-state index in [-0.39, 0.29) is 11.4 Å². The molecular formula is C10H19N3O3S. The van der Waals surface area contributed by atoms with E-state index in [1.165, 1.54) is 12.4 Å². The van der Waals surface area contributed by atoms with Gasteiger partial charge in [-0.25, -0.2) is 13.1 Å². The third-order valence-corrected chi connectivity index (χ3v) is 3.64. The van der Waals surface area contributed by atoms with Crippen molar-refractivity contribution in [1.82, 2.24) is 14.9 Å². The minimum atomic E-state index is -3.59. The molecule has 0 fully saturated rings. The van der Waals surface area contributed by atoms with E-state index in [0.717, 1.165) is 0 Å². The fourth-order valence-electron chi connectivity index (χ4n) is 1.67. The molecule has 1 atom stereocenters. The maximum Gasteiger partial charge on any atom is 0.243 e. The van der Waals surface area contributed by atoms with Crippen molar-refractivity contribution in [2.75, 3.05) is 6.54 Å². The first-order chi connectivity index (χ1) is 7.73. The van der Waals surface area contributed by atoms with Gasteiger partial charge in [-0.05, 0) is 19.3 Å². The Morgan fingerprint density at radius 1 is 1.59 bits per heavy atom. The Morgan fingerprint density at radius 3 is 2.71 bits per heavy atom. The maximum atomic E-state index is 11.7. The van der Waals surface area contributed by atoms with Crippen LogP contribution in [-0.2, 0) is 10.0 Å². The molecule has 17 heavy (non-hydrogen) atoms. The number of aliphatic hydroxyl groups is 1. The van der Waals surface area contributed by atoms with Gasteiger partial charge in [-0.1, -0.05) is 13.8 Å². The monoisotopic (exact) mass is 261 g/mol. The normalized spacial score (nSPS) is 16.1. The summed E-state index contributed by atoms with van der Waals surface area (Å²) in [6, 6.07) is 0. The number of nitrogens with zero attached hydrogens (tertiary/aromatic N) is 1. The summed E-state index contributed by atoms with van der Waals surface area (Å²) < 4.78 is 25.9. The predicted molar refractivity (Wildman–Crippen MR) is 63.9 cm³/mol. The summed E-state index contributed by atoms with van der Waals surface area (Å²) in [5.74, 6) is 0.295. The van der Waals surface area contributed by atoms with Crippen LogP contribution in [0, 0.1) is 5.92 Å². The van der Waals surface area contributed by atoms with Gasteiger partial charge in [0, 0.05) is 12.7 Å². The topological polar surface area (TPSA) is 95.1 Å². The lowest BCUT2D eigenvalue weighted by molar-refractivity contribution is 0.0437. The van der Waals surface area contributed by atoms with Gasteiger partial charge in [0.2, 0.25) is 10.0 Å². The molecule has 0 aliphatic carbocycles. The molecule has 0 amide bonds. The number of hydrogen-bond donors (Lipinski definition) is 3. The molecule has 0 aliphatic heterocycles. The third-order valence-electron chi connectivity index (χ3n) is 2.27. The molecule has 0 spiro atoms. The summed E-state index contributed by atoms with van der Waals surface area (Å²) in [7, 11) is -3.59. The van der Waals surface area contributed by atoms with Crippen molar-refractivity contribution in [3.8, 4) is 0 Å². The summed E-state index contributed by atoms with van der Waals surface area (Å²) in [4.78, 5) is 0.0675. The third kappa shape index (κ3) is 4.45. The van der Waals surface area contributed by atoms with E-state index >= 15 is 0 Å². The van der Waals surface area contributed by atoms with Gasteiger partial charge in [0.25, 0.3) is 0 Å². The molecular weight excluding hydrogens is 242 g/mol. The molecule has 0 saturated carbocycles. The van der Waals surface area contributed by atoms with E-state index in [1.807, 2.05) is 13.8 Å². The second kappa shape index (κ2) is 5.16. The standard InChI is InChI=1S/C10H19N3O3S/c1-8(2)4-10(3,14)7-13-17(15,16)9-5-11-12-6-9/h5-6,8,13-14H,4,7H2,1-3H3,(H,11,12). The average molecular weight is 261 g/mol. The highest BCUT2D eigenvalue weighted by molar-refractivity contribution is 7.89. The Bertz CT molecular complexity index is 437. The second-order valence-corrected chi connectivity index (χ2v) is 6.62. The highest BCUT2D eigenvalue weighted by Gasteiger charge is 2.25. The fourth-order valence-corrected chi connectivity index (χ4v) is 2.74. The van der Waals surface area contributed by atoms with Crippen molar-refractivity contribution in [2.45, 2.75) is 37.7 Å². The number of aromatic amines is 1. The molecule has 1 aromatic heterocycles. The summed E-state index contributed by atoms with van der Waals surface area (Å²) >= 11 is 0. The first-order valence-corrected chi connectivity index (χ1v) is 6.92. The minimum absolute atomic E-state index is 0.0152. The van der Waals surface area contributed by atoms with Gasteiger partial charge in [0.15, 0.2) is 0 Å².